The largest absolute Gasteiger partial charge is 0.494 e. The summed E-state index contributed by atoms with van der Waals surface area (Å²) in [5.74, 6) is 2.51. The molecule has 2 rings (SSSR count). The summed E-state index contributed by atoms with van der Waals surface area (Å²) in [5, 5.41) is 0. The van der Waals surface area contributed by atoms with Crippen LogP contribution in [-0.4, -0.2) is 6.61 Å². The minimum Gasteiger partial charge on any atom is -0.494 e. The topological polar surface area (TPSA) is 9.23 Å². The Hall–Kier alpha value is -2.02. The van der Waals surface area contributed by atoms with Gasteiger partial charge in [0.25, 0.3) is 0 Å². The van der Waals surface area contributed by atoms with Crippen LogP contribution in [-0.2, 0) is 0 Å². The Morgan fingerprint density at radius 1 is 0.840 bits per heavy atom. The molecule has 134 valence electrons. The number of ether oxygens (including phenoxy) is 1. The molecule has 1 heteroatoms. The van der Waals surface area contributed by atoms with E-state index < -0.39 is 0 Å². The summed E-state index contributed by atoms with van der Waals surface area (Å²) in [7, 11) is 0. The van der Waals surface area contributed by atoms with Gasteiger partial charge in [-0.3, -0.25) is 0 Å². The van der Waals surface area contributed by atoms with Crippen molar-refractivity contribution in [2.75, 3.05) is 6.61 Å². The molecule has 1 nitrogen and oxygen atoms in total. The van der Waals surface area contributed by atoms with Crippen LogP contribution in [0.4, 0.5) is 0 Å². The molecule has 0 aliphatic heterocycles. The zero-order chi connectivity index (χ0) is 18.1. The highest BCUT2D eigenvalue weighted by atomic mass is 16.5. The van der Waals surface area contributed by atoms with Crippen LogP contribution >= 0.6 is 0 Å². The van der Waals surface area contributed by atoms with Gasteiger partial charge in [-0.1, -0.05) is 89.1 Å². The van der Waals surface area contributed by atoms with Crippen LogP contribution < -0.4 is 4.74 Å². The van der Waals surface area contributed by atoms with E-state index in [1.165, 1.54) is 30.4 Å². The van der Waals surface area contributed by atoms with Gasteiger partial charge in [-0.2, -0.15) is 0 Å². The highest BCUT2D eigenvalue weighted by molar-refractivity contribution is 5.66. The van der Waals surface area contributed by atoms with Crippen molar-refractivity contribution in [3.8, 4) is 16.9 Å². The molecule has 2 aromatic carbocycles. The summed E-state index contributed by atoms with van der Waals surface area (Å²) in [5.41, 5.74) is 3.58. The molecule has 0 saturated heterocycles. The van der Waals surface area contributed by atoms with Crippen molar-refractivity contribution in [1.29, 1.82) is 0 Å². The molecule has 25 heavy (non-hydrogen) atoms. The predicted octanol–water partition coefficient (Wildman–Crippen LogP) is 7.23. The second-order valence-electron chi connectivity index (χ2n) is 7.42. The number of benzene rings is 2. The molecule has 0 spiro atoms. The van der Waals surface area contributed by atoms with Gasteiger partial charge in [0, 0.05) is 0 Å². The first-order valence-electron chi connectivity index (χ1n) is 9.54. The van der Waals surface area contributed by atoms with Crippen molar-refractivity contribution in [2.24, 2.45) is 11.8 Å². The van der Waals surface area contributed by atoms with Gasteiger partial charge >= 0.3 is 0 Å². The number of rotatable bonds is 10. The molecular weight excluding hydrogens is 304 g/mol. The lowest BCUT2D eigenvalue weighted by molar-refractivity contribution is 0.276. The molecule has 0 amide bonds. The van der Waals surface area contributed by atoms with Gasteiger partial charge in [0.05, 0.1) is 6.61 Å². The summed E-state index contributed by atoms with van der Waals surface area (Å²) in [6.07, 6.45) is 6.97. The van der Waals surface area contributed by atoms with Gasteiger partial charge in [0.1, 0.15) is 5.75 Å². The summed E-state index contributed by atoms with van der Waals surface area (Å²) in [4.78, 5) is 0. The zero-order valence-electron chi connectivity index (χ0n) is 16.0. The maximum atomic E-state index is 5.92. The smallest absolute Gasteiger partial charge is 0.119 e. The molecule has 0 heterocycles. The first-order valence-corrected chi connectivity index (χ1v) is 9.54. The Labute approximate surface area is 153 Å². The van der Waals surface area contributed by atoms with Crippen LogP contribution in [0.15, 0.2) is 55.1 Å². The Kier molecular flexibility index (Phi) is 7.78. The van der Waals surface area contributed by atoms with E-state index >= 15 is 0 Å². The number of hydrogen-bond acceptors (Lipinski definition) is 1. The van der Waals surface area contributed by atoms with E-state index in [9.17, 15) is 0 Å². The third-order valence-corrected chi connectivity index (χ3v) is 4.69. The normalized spacial score (nSPS) is 12.2. The summed E-state index contributed by atoms with van der Waals surface area (Å²) in [6, 6.07) is 16.8. The molecular formula is C24H32O. The molecule has 0 aromatic heterocycles. The minimum absolute atomic E-state index is 0.737. The van der Waals surface area contributed by atoms with Gasteiger partial charge in [-0.15, -0.1) is 0 Å². The van der Waals surface area contributed by atoms with Crippen LogP contribution in [0.2, 0.25) is 0 Å². The average molecular weight is 337 g/mol. The zero-order valence-corrected chi connectivity index (χ0v) is 16.0. The third kappa shape index (κ3) is 6.78. The van der Waals surface area contributed by atoms with Crippen molar-refractivity contribution in [2.45, 2.75) is 46.5 Å². The lowest BCUT2D eigenvalue weighted by atomic mass is 9.98. The van der Waals surface area contributed by atoms with E-state index in [0.29, 0.717) is 0 Å². The molecule has 0 N–H and O–H groups in total. The molecule has 2 aromatic rings. The Balaban J connectivity index is 1.77. The van der Waals surface area contributed by atoms with E-state index in [1.54, 1.807) is 0 Å². The van der Waals surface area contributed by atoms with Gasteiger partial charge < -0.3 is 4.74 Å². The van der Waals surface area contributed by atoms with Gasteiger partial charge in [-0.05, 0) is 47.1 Å². The molecule has 0 bridgehead atoms. The van der Waals surface area contributed by atoms with Gasteiger partial charge in [0.2, 0.25) is 0 Å². The fourth-order valence-electron chi connectivity index (χ4n) is 2.95. The molecule has 0 aliphatic rings. The Morgan fingerprint density at radius 3 is 2.00 bits per heavy atom. The van der Waals surface area contributed by atoms with Gasteiger partial charge in [-0.25, -0.2) is 0 Å². The van der Waals surface area contributed by atoms with Crippen LogP contribution in [0, 0.1) is 11.8 Å². The van der Waals surface area contributed by atoms with Crippen molar-refractivity contribution in [1.82, 2.24) is 0 Å². The molecule has 0 radical (unpaired) electrons. The van der Waals surface area contributed by atoms with E-state index in [2.05, 4.69) is 75.9 Å². The van der Waals surface area contributed by atoms with Crippen molar-refractivity contribution in [3.05, 3.63) is 60.7 Å². The fraction of sp³-hybridized carbons (Fsp3) is 0.417. The van der Waals surface area contributed by atoms with Crippen LogP contribution in [0.1, 0.15) is 52.0 Å². The second-order valence-corrected chi connectivity index (χ2v) is 7.42. The summed E-state index contributed by atoms with van der Waals surface area (Å²) in [6.45, 7) is 11.5. The quantitative estimate of drug-likeness (QED) is 0.445. The SMILES string of the molecule is C=Cc1ccc(-c2ccc(OCCC(C)CCCC(C)C)cc2)cc1. The number of hydrogen-bond donors (Lipinski definition) is 0. The van der Waals surface area contributed by atoms with Crippen molar-refractivity contribution < 1.29 is 4.74 Å². The lowest BCUT2D eigenvalue weighted by Gasteiger charge is -2.13. The average Bonchev–Trinajstić information content (AvgIpc) is 2.62. The summed E-state index contributed by atoms with van der Waals surface area (Å²) >= 11 is 0. The van der Waals surface area contributed by atoms with Gasteiger partial charge in [0.15, 0.2) is 0 Å². The van der Waals surface area contributed by atoms with E-state index in [0.717, 1.165) is 36.2 Å². The maximum absolute atomic E-state index is 5.92. The highest BCUT2D eigenvalue weighted by Crippen LogP contribution is 2.23. The predicted molar refractivity (Wildman–Crippen MR) is 110 cm³/mol. The van der Waals surface area contributed by atoms with E-state index in [1.807, 2.05) is 6.08 Å². The highest BCUT2D eigenvalue weighted by Gasteiger charge is 2.04. The molecule has 0 saturated carbocycles. The second kappa shape index (κ2) is 10.1. The fourth-order valence-corrected chi connectivity index (χ4v) is 2.95. The molecule has 1 unspecified atom stereocenters. The molecule has 0 fully saturated rings. The standard InChI is InChI=1S/C24H32O/c1-5-21-9-11-22(12-10-21)23-13-15-24(16-14-23)25-18-17-20(4)8-6-7-19(2)3/h5,9-16,19-20H,1,6-8,17-18H2,2-4H3. The van der Waals surface area contributed by atoms with E-state index in [-0.39, 0.29) is 0 Å². The summed E-state index contributed by atoms with van der Waals surface area (Å²) < 4.78 is 5.92. The van der Waals surface area contributed by atoms with Crippen LogP contribution in [0.25, 0.3) is 17.2 Å². The van der Waals surface area contributed by atoms with Crippen LogP contribution in [0.3, 0.4) is 0 Å². The lowest BCUT2D eigenvalue weighted by Crippen LogP contribution is -2.04. The van der Waals surface area contributed by atoms with Crippen LogP contribution in [0.5, 0.6) is 5.75 Å². The monoisotopic (exact) mass is 336 g/mol. The molecule has 0 aliphatic carbocycles. The minimum atomic E-state index is 0.737. The van der Waals surface area contributed by atoms with Crippen molar-refractivity contribution >= 4 is 6.08 Å². The molecule has 1 atom stereocenters. The first-order chi connectivity index (χ1) is 12.1. The first kappa shape index (κ1) is 19.3. The Morgan fingerprint density at radius 2 is 1.44 bits per heavy atom. The Bertz CT molecular complexity index is 622. The maximum Gasteiger partial charge on any atom is 0.119 e. The third-order valence-electron chi connectivity index (χ3n) is 4.69. The van der Waals surface area contributed by atoms with Crippen molar-refractivity contribution in [3.63, 3.8) is 0 Å². The van der Waals surface area contributed by atoms with E-state index in [4.69, 9.17) is 4.74 Å².